The third kappa shape index (κ3) is 5.31. The number of anilines is 1. The normalized spacial score (nSPS) is 31.6. The van der Waals surface area contributed by atoms with Crippen molar-refractivity contribution < 1.29 is 46.5 Å². The van der Waals surface area contributed by atoms with E-state index >= 15 is 8.78 Å². The number of nitrogens with one attached hydrogen (secondary N) is 1. The number of carbonyl (C=O) groups excluding carboxylic acids is 1. The van der Waals surface area contributed by atoms with Crippen LogP contribution in [0.1, 0.15) is 59.1 Å². The number of nitrogen functional groups attached to an aromatic ring is 1. The van der Waals surface area contributed by atoms with Gasteiger partial charge >= 0.3 is 13.7 Å². The Labute approximate surface area is 257 Å². The summed E-state index contributed by atoms with van der Waals surface area (Å²) in [6, 6.07) is 6.53. The van der Waals surface area contributed by atoms with E-state index in [2.05, 4.69) is 20.0 Å². The predicted molar refractivity (Wildman–Crippen MR) is 154 cm³/mol. The molecule has 4 N–H and O–H groups in total. The Kier molecular flexibility index (Phi) is 8.01. The van der Waals surface area contributed by atoms with Gasteiger partial charge in [-0.15, -0.1) is 0 Å². The molecule has 1 aliphatic heterocycles. The summed E-state index contributed by atoms with van der Waals surface area (Å²) in [6.45, 7) is 4.22. The fourth-order valence-electron chi connectivity index (χ4n) is 5.93. The Morgan fingerprint density at radius 1 is 1.24 bits per heavy atom. The van der Waals surface area contributed by atoms with Crippen molar-refractivity contribution in [1.29, 1.82) is 0 Å². The van der Waals surface area contributed by atoms with Crippen LogP contribution in [-0.4, -0.2) is 72.6 Å². The number of halogens is 2. The van der Waals surface area contributed by atoms with Crippen LogP contribution >= 0.6 is 7.75 Å². The monoisotopic (exact) mass is 652 g/mol. The van der Waals surface area contributed by atoms with Gasteiger partial charge in [0, 0.05) is 0 Å². The highest BCUT2D eigenvalue weighted by molar-refractivity contribution is 7.52. The highest BCUT2D eigenvalue weighted by Gasteiger charge is 2.96. The number of rotatable bonds is 11. The molecule has 17 heteroatoms. The molecule has 14 nitrogen and oxygen atoms in total. The summed E-state index contributed by atoms with van der Waals surface area (Å²) in [5, 5.41) is 13.9. The van der Waals surface area contributed by atoms with E-state index in [-0.39, 0.29) is 41.5 Å². The largest absolute Gasteiger partial charge is 0.476 e. The Bertz CT molecular complexity index is 1630. The highest BCUT2D eigenvalue weighted by atomic mass is 31.2. The van der Waals surface area contributed by atoms with Crippen LogP contribution in [-0.2, 0) is 23.4 Å². The topological polar surface area (TPSA) is 182 Å². The number of ether oxygens (including phenoxy) is 3. The highest BCUT2D eigenvalue weighted by Crippen LogP contribution is 2.73. The number of aliphatic hydroxyl groups is 1. The minimum Gasteiger partial charge on any atom is -0.476 e. The number of imidazole rings is 1. The maximum absolute atomic E-state index is 16.6. The lowest BCUT2D eigenvalue weighted by molar-refractivity contribution is -0.157. The van der Waals surface area contributed by atoms with Crippen LogP contribution in [0.2, 0.25) is 0 Å². The maximum atomic E-state index is 16.6. The predicted octanol–water partition coefficient (Wildman–Crippen LogP) is 3.90. The fraction of sp³-hybridized carbons (Fsp3) is 0.571. The van der Waals surface area contributed by atoms with Crippen LogP contribution in [0.3, 0.4) is 0 Å². The molecule has 45 heavy (non-hydrogen) atoms. The van der Waals surface area contributed by atoms with E-state index in [0.29, 0.717) is 12.8 Å². The first-order chi connectivity index (χ1) is 21.3. The molecule has 0 bridgehead atoms. The van der Waals surface area contributed by atoms with Gasteiger partial charge in [-0.1, -0.05) is 24.6 Å². The van der Waals surface area contributed by atoms with E-state index in [9.17, 15) is 14.5 Å². The standard InChI is InChI=1S/C28H35F2N6O8P/c1-4-40-21-19-20(33-25(31)34-21)36(15-32-19)24-26(3,29)27(38)23(28(27,30)42-24)44-45(39,43-18-13-9-6-10-14-18)35-16(2)22(37)41-17-11-7-5-8-12-17/h6,9-10,13-17,23-24,38H,4-5,7-8,11-12H2,1-3H3,(H,35,39)(H2,31,33,34)/t16?,23?,24-,26+,27+,28-,45?/m1/s1. The maximum Gasteiger partial charge on any atom is 0.460 e. The quantitative estimate of drug-likeness (QED) is 0.201. The molecule has 2 aromatic heterocycles. The third-order valence-electron chi connectivity index (χ3n) is 8.34. The Morgan fingerprint density at radius 2 is 1.96 bits per heavy atom. The van der Waals surface area contributed by atoms with Crippen molar-refractivity contribution in [3.05, 3.63) is 36.7 Å². The summed E-state index contributed by atoms with van der Waals surface area (Å²) < 4.78 is 75.7. The van der Waals surface area contributed by atoms with Crippen LogP contribution in [0.25, 0.3) is 11.2 Å². The van der Waals surface area contributed by atoms with E-state index in [1.807, 2.05) is 0 Å². The van der Waals surface area contributed by atoms with Crippen molar-refractivity contribution in [1.82, 2.24) is 24.6 Å². The second-order valence-corrected chi connectivity index (χ2v) is 13.2. The number of carbonyl (C=O) groups is 1. The molecule has 7 atom stereocenters. The number of fused-ring (bicyclic) bond motifs is 2. The lowest BCUT2D eigenvalue weighted by Crippen LogP contribution is -2.45. The second-order valence-electron chi connectivity index (χ2n) is 11.5. The summed E-state index contributed by atoms with van der Waals surface area (Å²) >= 11 is 0. The number of nitrogens with zero attached hydrogens (tertiary/aromatic N) is 4. The van der Waals surface area contributed by atoms with E-state index in [1.165, 1.54) is 19.1 Å². The average Bonchev–Trinajstić information content (AvgIpc) is 3.23. The summed E-state index contributed by atoms with van der Waals surface area (Å²) in [7, 11) is -4.70. The molecule has 3 aliphatic rings. The molecule has 0 amide bonds. The van der Waals surface area contributed by atoms with Gasteiger partial charge < -0.3 is 29.6 Å². The van der Waals surface area contributed by atoms with Crippen LogP contribution in [0, 0.1) is 0 Å². The molecule has 0 spiro atoms. The summed E-state index contributed by atoms with van der Waals surface area (Å²) in [5.41, 5.74) is 0.00209. The summed E-state index contributed by atoms with van der Waals surface area (Å²) in [4.78, 5) is 25.1. The fourth-order valence-corrected chi connectivity index (χ4v) is 7.63. The van der Waals surface area contributed by atoms with Gasteiger partial charge in [-0.05, 0) is 58.6 Å². The van der Waals surface area contributed by atoms with E-state index in [1.54, 1.807) is 25.1 Å². The molecule has 3 unspecified atom stereocenters. The lowest BCUT2D eigenvalue weighted by Gasteiger charge is -2.31. The number of hydrogen-bond donors (Lipinski definition) is 3. The number of esters is 1. The van der Waals surface area contributed by atoms with Crippen LogP contribution in [0.5, 0.6) is 11.6 Å². The molecule has 2 aliphatic carbocycles. The number of nitrogens with two attached hydrogens (primary N) is 1. The van der Waals surface area contributed by atoms with Crippen molar-refractivity contribution in [2.24, 2.45) is 0 Å². The zero-order chi connectivity index (χ0) is 32.2. The second kappa shape index (κ2) is 11.4. The van der Waals surface area contributed by atoms with E-state index < -0.39 is 49.2 Å². The Balaban J connectivity index is 1.25. The molecule has 3 heterocycles. The van der Waals surface area contributed by atoms with Gasteiger partial charge in [0.2, 0.25) is 11.8 Å². The van der Waals surface area contributed by atoms with Gasteiger partial charge in [0.15, 0.2) is 34.8 Å². The van der Waals surface area contributed by atoms with Crippen LogP contribution in [0.15, 0.2) is 36.7 Å². The van der Waals surface area contributed by atoms with Crippen molar-refractivity contribution in [2.75, 3.05) is 12.3 Å². The van der Waals surface area contributed by atoms with Gasteiger partial charge in [0.25, 0.3) is 5.85 Å². The van der Waals surface area contributed by atoms with Gasteiger partial charge in [-0.25, -0.2) is 18.3 Å². The van der Waals surface area contributed by atoms with Crippen LogP contribution in [0.4, 0.5) is 14.7 Å². The van der Waals surface area contributed by atoms with E-state index in [0.717, 1.165) is 37.1 Å². The zero-order valence-corrected chi connectivity index (χ0v) is 25.8. The van der Waals surface area contributed by atoms with Crippen molar-refractivity contribution in [3.8, 4) is 11.6 Å². The first-order valence-electron chi connectivity index (χ1n) is 14.7. The Hall–Kier alpha value is -3.43. The molecule has 3 aromatic rings. The zero-order valence-electron chi connectivity index (χ0n) is 24.9. The Morgan fingerprint density at radius 3 is 2.60 bits per heavy atom. The average molecular weight is 653 g/mol. The lowest BCUT2D eigenvalue weighted by atomic mass is 9.97. The van der Waals surface area contributed by atoms with Crippen molar-refractivity contribution in [2.45, 2.75) is 94.5 Å². The first-order valence-corrected chi connectivity index (χ1v) is 16.3. The summed E-state index contributed by atoms with van der Waals surface area (Å²) in [5.74, 6) is -4.06. The first kappa shape index (κ1) is 31.5. The molecule has 0 radical (unpaired) electrons. The SMILES string of the molecule is CCOc1nc(N)nc2c1ncn2[C@@H]1O[C@]2(F)C(OP(=O)(NC(C)C(=O)OC3CCCCC3)Oc3ccccc3)[C@]2(O)[C@@]1(C)F. The van der Waals surface area contributed by atoms with Gasteiger partial charge in [-0.3, -0.25) is 13.9 Å². The summed E-state index contributed by atoms with van der Waals surface area (Å²) in [6.07, 6.45) is 1.20. The minimum atomic E-state index is -4.70. The molecule has 3 fully saturated rings. The molecule has 1 saturated heterocycles. The van der Waals surface area contributed by atoms with Gasteiger partial charge in [0.1, 0.15) is 17.9 Å². The molecule has 244 valence electrons. The molecular formula is C28H35F2N6O8P. The molecule has 2 saturated carbocycles. The molecular weight excluding hydrogens is 617 g/mol. The number of hydrogen-bond acceptors (Lipinski definition) is 12. The number of alkyl halides is 2. The third-order valence-corrected chi connectivity index (χ3v) is 9.98. The van der Waals surface area contributed by atoms with Crippen LogP contribution < -0.4 is 20.1 Å². The minimum absolute atomic E-state index is 0.0264. The molecule has 1 aromatic carbocycles. The van der Waals surface area contributed by atoms with E-state index in [4.69, 9.17) is 29.0 Å². The van der Waals surface area contributed by atoms with Gasteiger partial charge in [0.05, 0.1) is 12.9 Å². The van der Waals surface area contributed by atoms with Gasteiger partial charge in [-0.2, -0.15) is 15.1 Å². The van der Waals surface area contributed by atoms with Crippen molar-refractivity contribution >= 4 is 30.8 Å². The number of aromatic nitrogens is 4. The molecule has 6 rings (SSSR count). The van der Waals surface area contributed by atoms with Crippen molar-refractivity contribution in [3.63, 3.8) is 0 Å². The number of para-hydroxylation sites is 1. The smallest absolute Gasteiger partial charge is 0.460 e. The number of benzene rings is 1.